The molecule has 1 N–H and O–H groups in total. The van der Waals surface area contributed by atoms with E-state index in [2.05, 4.69) is 5.32 Å². The van der Waals surface area contributed by atoms with Crippen LogP contribution in [0.15, 0.2) is 48.5 Å². The summed E-state index contributed by atoms with van der Waals surface area (Å²) >= 11 is 5.90. The summed E-state index contributed by atoms with van der Waals surface area (Å²) in [5, 5.41) is 3.09. The number of rotatable bonds is 5. The minimum atomic E-state index is -3.62. The van der Waals surface area contributed by atoms with E-state index >= 15 is 0 Å². The third-order valence-corrected chi connectivity index (χ3v) is 4.46. The van der Waals surface area contributed by atoms with Gasteiger partial charge in [-0.2, -0.15) is 0 Å². The zero-order valence-corrected chi connectivity index (χ0v) is 14.4. The van der Waals surface area contributed by atoms with Crippen LogP contribution in [-0.4, -0.2) is 27.1 Å². The first-order valence-corrected chi connectivity index (χ1v) is 9.08. The largest absolute Gasteiger partial charge is 0.325 e. The quantitative estimate of drug-likeness (QED) is 0.899. The molecule has 0 heterocycles. The number of hydrogen-bond donors (Lipinski definition) is 1. The molecular formula is C16H17ClN2O3S. The van der Waals surface area contributed by atoms with Crippen molar-refractivity contribution in [2.75, 3.05) is 22.4 Å². The molecule has 2 aromatic carbocycles. The van der Waals surface area contributed by atoms with Crippen molar-refractivity contribution in [3.05, 3.63) is 59.1 Å². The van der Waals surface area contributed by atoms with E-state index < -0.39 is 15.9 Å². The van der Waals surface area contributed by atoms with Gasteiger partial charge in [0.05, 0.1) is 11.9 Å². The molecule has 1 amide bonds. The van der Waals surface area contributed by atoms with E-state index in [9.17, 15) is 13.2 Å². The number of benzene rings is 2. The lowest BCUT2D eigenvalue weighted by Crippen LogP contribution is -2.37. The van der Waals surface area contributed by atoms with Crippen LogP contribution >= 0.6 is 11.6 Å². The molecule has 5 nitrogen and oxygen atoms in total. The number of nitrogens with zero attached hydrogens (tertiary/aromatic N) is 1. The maximum absolute atomic E-state index is 12.2. The number of aryl methyl sites for hydroxylation is 1. The average molecular weight is 353 g/mol. The predicted octanol–water partition coefficient (Wildman–Crippen LogP) is 3.05. The number of carbonyl (C=O) groups is 1. The molecule has 0 unspecified atom stereocenters. The second-order valence-electron chi connectivity index (χ2n) is 5.17. The summed E-state index contributed by atoms with van der Waals surface area (Å²) in [6.45, 7) is 1.58. The maximum atomic E-state index is 12.2. The summed E-state index contributed by atoms with van der Waals surface area (Å²) in [5.74, 6) is -0.430. The van der Waals surface area contributed by atoms with Gasteiger partial charge >= 0.3 is 0 Å². The van der Waals surface area contributed by atoms with Gasteiger partial charge in [-0.3, -0.25) is 9.10 Å². The van der Waals surface area contributed by atoms with Gasteiger partial charge in [0.2, 0.25) is 15.9 Å². The van der Waals surface area contributed by atoms with Gasteiger partial charge in [-0.05, 0) is 42.8 Å². The summed E-state index contributed by atoms with van der Waals surface area (Å²) < 4.78 is 25.0. The Morgan fingerprint density at radius 3 is 2.48 bits per heavy atom. The van der Waals surface area contributed by atoms with E-state index in [4.69, 9.17) is 11.6 Å². The number of amides is 1. The Morgan fingerprint density at radius 2 is 1.87 bits per heavy atom. The summed E-state index contributed by atoms with van der Waals surface area (Å²) in [4.78, 5) is 12.2. The highest BCUT2D eigenvalue weighted by Crippen LogP contribution is 2.21. The topological polar surface area (TPSA) is 66.5 Å². The van der Waals surface area contributed by atoms with Gasteiger partial charge in [0.1, 0.15) is 6.54 Å². The monoisotopic (exact) mass is 352 g/mol. The third kappa shape index (κ3) is 4.97. The van der Waals surface area contributed by atoms with Gasteiger partial charge in [-0.15, -0.1) is 0 Å². The second kappa shape index (κ2) is 7.02. The number of sulfonamides is 1. The number of halogens is 1. The molecule has 0 aliphatic rings. The lowest BCUT2D eigenvalue weighted by molar-refractivity contribution is -0.114. The fourth-order valence-corrected chi connectivity index (χ4v) is 3.12. The molecule has 0 fully saturated rings. The molecule has 0 radical (unpaired) electrons. The van der Waals surface area contributed by atoms with E-state index in [1.54, 1.807) is 24.3 Å². The summed E-state index contributed by atoms with van der Waals surface area (Å²) in [6, 6.07) is 13.6. The fraction of sp³-hybridized carbons (Fsp3) is 0.188. The third-order valence-electron chi connectivity index (χ3n) is 3.09. The number of anilines is 2. The molecule has 2 rings (SSSR count). The Morgan fingerprint density at radius 1 is 1.17 bits per heavy atom. The van der Waals surface area contributed by atoms with Crippen LogP contribution in [0.25, 0.3) is 0 Å². The summed E-state index contributed by atoms with van der Waals surface area (Å²) in [7, 11) is -3.62. The van der Waals surface area contributed by atoms with Gasteiger partial charge < -0.3 is 5.32 Å². The van der Waals surface area contributed by atoms with Crippen molar-refractivity contribution in [1.29, 1.82) is 0 Å². The molecule has 0 aromatic heterocycles. The SMILES string of the molecule is Cc1cccc(NC(=O)CN(c2cccc(Cl)c2)S(C)(=O)=O)c1. The molecule has 122 valence electrons. The van der Waals surface area contributed by atoms with Crippen molar-refractivity contribution in [1.82, 2.24) is 0 Å². The van der Waals surface area contributed by atoms with Crippen molar-refractivity contribution >= 4 is 38.9 Å². The van der Waals surface area contributed by atoms with Crippen molar-refractivity contribution in [2.45, 2.75) is 6.92 Å². The van der Waals surface area contributed by atoms with E-state index in [1.807, 2.05) is 25.1 Å². The standard InChI is InChI=1S/C16H17ClN2O3S/c1-12-5-3-7-14(9-12)18-16(20)11-19(23(2,21)22)15-8-4-6-13(17)10-15/h3-10H,11H2,1-2H3,(H,18,20). The molecule has 0 bridgehead atoms. The normalized spacial score (nSPS) is 11.1. The molecule has 0 saturated heterocycles. The van der Waals surface area contributed by atoms with Gasteiger partial charge in [0.15, 0.2) is 0 Å². The fourth-order valence-electron chi connectivity index (χ4n) is 2.09. The van der Waals surface area contributed by atoms with Crippen LogP contribution in [-0.2, 0) is 14.8 Å². The van der Waals surface area contributed by atoms with Gasteiger partial charge in [0, 0.05) is 10.7 Å². The first kappa shape index (κ1) is 17.3. The van der Waals surface area contributed by atoms with Crippen LogP contribution in [0.1, 0.15) is 5.56 Å². The van der Waals surface area contributed by atoms with Crippen LogP contribution < -0.4 is 9.62 Å². The minimum Gasteiger partial charge on any atom is -0.325 e. The minimum absolute atomic E-state index is 0.326. The highest BCUT2D eigenvalue weighted by Gasteiger charge is 2.21. The van der Waals surface area contributed by atoms with E-state index in [0.29, 0.717) is 16.4 Å². The van der Waals surface area contributed by atoms with Crippen molar-refractivity contribution < 1.29 is 13.2 Å². The molecule has 0 atom stereocenters. The van der Waals surface area contributed by atoms with Crippen LogP contribution in [0.4, 0.5) is 11.4 Å². The molecule has 23 heavy (non-hydrogen) atoms. The zero-order chi connectivity index (χ0) is 17.0. The van der Waals surface area contributed by atoms with Crippen LogP contribution in [0.2, 0.25) is 5.02 Å². The maximum Gasteiger partial charge on any atom is 0.245 e. The Kier molecular flexibility index (Phi) is 5.28. The molecule has 7 heteroatoms. The smallest absolute Gasteiger partial charge is 0.245 e. The number of hydrogen-bond acceptors (Lipinski definition) is 3. The molecule has 0 aliphatic heterocycles. The van der Waals surface area contributed by atoms with Crippen molar-refractivity contribution in [3.8, 4) is 0 Å². The lowest BCUT2D eigenvalue weighted by Gasteiger charge is -2.22. The molecule has 0 spiro atoms. The first-order valence-electron chi connectivity index (χ1n) is 6.85. The van der Waals surface area contributed by atoms with Crippen LogP contribution in [0.5, 0.6) is 0 Å². The predicted molar refractivity (Wildman–Crippen MR) is 93.5 cm³/mol. The van der Waals surface area contributed by atoms with Crippen molar-refractivity contribution in [3.63, 3.8) is 0 Å². The molecule has 2 aromatic rings. The first-order chi connectivity index (χ1) is 10.8. The highest BCUT2D eigenvalue weighted by atomic mass is 35.5. The lowest BCUT2D eigenvalue weighted by atomic mass is 10.2. The van der Waals surface area contributed by atoms with Gasteiger partial charge in [0.25, 0.3) is 0 Å². The molecule has 0 aliphatic carbocycles. The van der Waals surface area contributed by atoms with E-state index in [0.717, 1.165) is 16.1 Å². The van der Waals surface area contributed by atoms with Crippen LogP contribution in [0, 0.1) is 6.92 Å². The average Bonchev–Trinajstić information content (AvgIpc) is 2.43. The zero-order valence-electron chi connectivity index (χ0n) is 12.8. The number of nitrogens with one attached hydrogen (secondary N) is 1. The Bertz CT molecular complexity index is 822. The van der Waals surface area contributed by atoms with Crippen LogP contribution in [0.3, 0.4) is 0 Å². The molecule has 0 saturated carbocycles. The highest BCUT2D eigenvalue weighted by molar-refractivity contribution is 7.92. The van der Waals surface area contributed by atoms with E-state index in [1.165, 1.54) is 6.07 Å². The van der Waals surface area contributed by atoms with Gasteiger partial charge in [-0.25, -0.2) is 8.42 Å². The molecular weight excluding hydrogens is 336 g/mol. The second-order valence-corrected chi connectivity index (χ2v) is 7.51. The van der Waals surface area contributed by atoms with E-state index in [-0.39, 0.29) is 6.54 Å². The Balaban J connectivity index is 2.20. The summed E-state index contributed by atoms with van der Waals surface area (Å²) in [6.07, 6.45) is 1.05. The summed E-state index contributed by atoms with van der Waals surface area (Å²) in [5.41, 5.74) is 1.96. The van der Waals surface area contributed by atoms with Crippen molar-refractivity contribution in [2.24, 2.45) is 0 Å². The van der Waals surface area contributed by atoms with Gasteiger partial charge in [-0.1, -0.05) is 29.8 Å². The Labute approximate surface area is 140 Å². The number of carbonyl (C=O) groups excluding carboxylic acids is 1. The Hall–Kier alpha value is -2.05.